The lowest BCUT2D eigenvalue weighted by molar-refractivity contribution is -0.139. The van der Waals surface area contributed by atoms with Crippen molar-refractivity contribution >= 4 is 50.7 Å². The Labute approximate surface area is 239 Å². The van der Waals surface area contributed by atoms with E-state index < -0.39 is 28.5 Å². The van der Waals surface area contributed by atoms with Gasteiger partial charge in [0.1, 0.15) is 18.3 Å². The van der Waals surface area contributed by atoms with Crippen LogP contribution >= 0.6 is 23.2 Å². The Morgan fingerprint density at radius 2 is 1.67 bits per heavy atom. The van der Waals surface area contributed by atoms with E-state index >= 15 is 0 Å². The molecule has 39 heavy (non-hydrogen) atoms. The summed E-state index contributed by atoms with van der Waals surface area (Å²) in [4.78, 5) is 28.0. The molecule has 0 fully saturated rings. The second-order valence-corrected chi connectivity index (χ2v) is 11.5. The highest BCUT2D eigenvalue weighted by Gasteiger charge is 2.33. The summed E-state index contributed by atoms with van der Waals surface area (Å²) in [6, 6.07) is 16.9. The van der Waals surface area contributed by atoms with E-state index in [9.17, 15) is 18.0 Å². The molecule has 1 N–H and O–H groups in total. The molecule has 3 rings (SSSR count). The summed E-state index contributed by atoms with van der Waals surface area (Å²) in [5.41, 5.74) is 1.70. The summed E-state index contributed by atoms with van der Waals surface area (Å²) >= 11 is 12.2. The van der Waals surface area contributed by atoms with Crippen LogP contribution in [0.3, 0.4) is 0 Å². The zero-order valence-electron chi connectivity index (χ0n) is 22.1. The average molecular weight is 593 g/mol. The van der Waals surface area contributed by atoms with Crippen molar-refractivity contribution in [1.29, 1.82) is 0 Å². The van der Waals surface area contributed by atoms with Gasteiger partial charge in [0.05, 0.1) is 27.7 Å². The minimum Gasteiger partial charge on any atom is -0.495 e. The number of para-hydroxylation sites is 2. The van der Waals surface area contributed by atoms with E-state index in [2.05, 4.69) is 5.32 Å². The molecule has 0 heterocycles. The van der Waals surface area contributed by atoms with Gasteiger partial charge in [0, 0.05) is 13.1 Å². The number of aryl methyl sites for hydroxylation is 1. The van der Waals surface area contributed by atoms with Gasteiger partial charge >= 0.3 is 0 Å². The number of hydrogen-bond acceptors (Lipinski definition) is 5. The molecule has 0 radical (unpaired) electrons. The molecule has 1 unspecified atom stereocenters. The van der Waals surface area contributed by atoms with Crippen LogP contribution in [0.2, 0.25) is 10.0 Å². The molecule has 3 aromatic rings. The van der Waals surface area contributed by atoms with Crippen LogP contribution in [0.25, 0.3) is 0 Å². The van der Waals surface area contributed by atoms with Crippen molar-refractivity contribution in [2.75, 3.05) is 24.5 Å². The van der Waals surface area contributed by atoms with Crippen LogP contribution in [0.4, 0.5) is 5.69 Å². The zero-order valence-corrected chi connectivity index (χ0v) is 24.5. The number of carbonyl (C=O) groups is 2. The van der Waals surface area contributed by atoms with Crippen LogP contribution < -0.4 is 14.4 Å². The molecule has 0 saturated carbocycles. The number of carbonyl (C=O) groups excluding carboxylic acids is 2. The summed E-state index contributed by atoms with van der Waals surface area (Å²) < 4.78 is 34.2. The third-order valence-electron chi connectivity index (χ3n) is 6.10. The van der Waals surface area contributed by atoms with Crippen molar-refractivity contribution < 1.29 is 22.7 Å². The van der Waals surface area contributed by atoms with Gasteiger partial charge in [-0.05, 0) is 62.7 Å². The fraction of sp³-hybridized carbons (Fsp3) is 0.286. The van der Waals surface area contributed by atoms with E-state index in [1.807, 2.05) is 6.92 Å². The van der Waals surface area contributed by atoms with Gasteiger partial charge in [-0.25, -0.2) is 8.42 Å². The van der Waals surface area contributed by atoms with Gasteiger partial charge in [-0.15, -0.1) is 0 Å². The number of benzene rings is 3. The SMILES string of the molecule is CCNC(=O)C(C)N(Cc1ccc(Cl)c(Cl)c1)C(=O)CN(c1ccccc1OC)S(=O)(=O)c1ccc(C)cc1. The minimum absolute atomic E-state index is 0.00162. The maximum absolute atomic E-state index is 13.9. The van der Waals surface area contributed by atoms with E-state index in [1.54, 1.807) is 68.4 Å². The van der Waals surface area contributed by atoms with Gasteiger partial charge in [0.15, 0.2) is 0 Å². The number of halogens is 2. The van der Waals surface area contributed by atoms with Gasteiger partial charge in [0.2, 0.25) is 11.8 Å². The number of likely N-dealkylation sites (N-methyl/N-ethyl adjacent to an activating group) is 1. The molecule has 8 nitrogen and oxygen atoms in total. The zero-order chi connectivity index (χ0) is 28.7. The maximum Gasteiger partial charge on any atom is 0.264 e. The molecular weight excluding hydrogens is 561 g/mol. The largest absolute Gasteiger partial charge is 0.495 e. The van der Waals surface area contributed by atoms with Crippen LogP contribution in [-0.4, -0.2) is 51.4 Å². The fourth-order valence-electron chi connectivity index (χ4n) is 3.93. The smallest absolute Gasteiger partial charge is 0.264 e. The van der Waals surface area contributed by atoms with E-state index in [1.165, 1.54) is 24.1 Å². The first-order chi connectivity index (χ1) is 18.5. The second-order valence-electron chi connectivity index (χ2n) is 8.84. The van der Waals surface area contributed by atoms with E-state index in [4.69, 9.17) is 27.9 Å². The quantitative estimate of drug-likeness (QED) is 0.336. The summed E-state index contributed by atoms with van der Waals surface area (Å²) in [5.74, 6) is -0.702. The number of nitrogens with zero attached hydrogens (tertiary/aromatic N) is 2. The Morgan fingerprint density at radius 1 is 1.00 bits per heavy atom. The molecule has 0 saturated heterocycles. The molecule has 0 aliphatic rings. The lowest BCUT2D eigenvalue weighted by Crippen LogP contribution is -2.51. The highest BCUT2D eigenvalue weighted by atomic mass is 35.5. The Balaban J connectivity index is 2.08. The van der Waals surface area contributed by atoms with Crippen LogP contribution in [-0.2, 0) is 26.2 Å². The number of nitrogens with one attached hydrogen (secondary N) is 1. The van der Waals surface area contributed by atoms with Crippen LogP contribution in [0, 0.1) is 6.92 Å². The van der Waals surface area contributed by atoms with Crippen LogP contribution in [0.1, 0.15) is 25.0 Å². The van der Waals surface area contributed by atoms with E-state index in [0.717, 1.165) is 9.87 Å². The van der Waals surface area contributed by atoms with Gasteiger partial charge in [-0.3, -0.25) is 13.9 Å². The molecule has 0 bridgehead atoms. The monoisotopic (exact) mass is 591 g/mol. The van der Waals surface area contributed by atoms with Gasteiger partial charge < -0.3 is 15.0 Å². The first kappa shape index (κ1) is 30.3. The van der Waals surface area contributed by atoms with Crippen LogP contribution in [0.15, 0.2) is 71.6 Å². The molecular formula is C28H31Cl2N3O5S. The topological polar surface area (TPSA) is 96.0 Å². The van der Waals surface area contributed by atoms with Gasteiger partial charge in [-0.1, -0.05) is 59.1 Å². The van der Waals surface area contributed by atoms with Crippen molar-refractivity contribution in [3.8, 4) is 5.75 Å². The fourth-order valence-corrected chi connectivity index (χ4v) is 5.67. The molecule has 11 heteroatoms. The Morgan fingerprint density at radius 3 is 2.28 bits per heavy atom. The normalized spacial score (nSPS) is 11.9. The number of methoxy groups -OCH3 is 1. The highest BCUT2D eigenvalue weighted by Crippen LogP contribution is 2.33. The summed E-state index contributed by atoms with van der Waals surface area (Å²) in [6.07, 6.45) is 0. The Bertz CT molecular complexity index is 1430. The number of anilines is 1. The number of hydrogen-bond donors (Lipinski definition) is 1. The molecule has 0 aromatic heterocycles. The van der Waals surface area contributed by atoms with Gasteiger partial charge in [0.25, 0.3) is 10.0 Å². The molecule has 0 spiro atoms. The molecule has 3 aromatic carbocycles. The predicted octanol–water partition coefficient (Wildman–Crippen LogP) is 5.06. The van der Waals surface area contributed by atoms with Gasteiger partial charge in [-0.2, -0.15) is 0 Å². The summed E-state index contributed by atoms with van der Waals surface area (Å²) in [6.45, 7) is 4.99. The molecule has 0 aliphatic carbocycles. The number of sulfonamides is 1. The van der Waals surface area contributed by atoms with Crippen molar-refractivity contribution in [3.05, 3.63) is 87.9 Å². The third-order valence-corrected chi connectivity index (χ3v) is 8.61. The summed E-state index contributed by atoms with van der Waals surface area (Å²) in [7, 11) is -2.79. The lowest BCUT2D eigenvalue weighted by Gasteiger charge is -2.32. The Kier molecular flexibility index (Phi) is 10.2. The highest BCUT2D eigenvalue weighted by molar-refractivity contribution is 7.92. The van der Waals surface area contributed by atoms with Crippen molar-refractivity contribution in [2.24, 2.45) is 0 Å². The average Bonchev–Trinajstić information content (AvgIpc) is 2.92. The summed E-state index contributed by atoms with van der Waals surface area (Å²) in [5, 5.41) is 3.36. The van der Waals surface area contributed by atoms with E-state index in [-0.39, 0.29) is 28.8 Å². The number of amides is 2. The standard InChI is InChI=1S/C28H31Cl2N3O5S/c1-5-31-28(35)20(3)32(17-21-12-15-23(29)24(30)16-21)27(34)18-33(25-8-6-7-9-26(25)38-4)39(36,37)22-13-10-19(2)11-14-22/h6-16,20H,5,17-18H2,1-4H3,(H,31,35). The molecule has 2 amide bonds. The third kappa shape index (κ3) is 7.23. The van der Waals surface area contributed by atoms with Crippen molar-refractivity contribution in [2.45, 2.75) is 38.3 Å². The number of ether oxygens (including phenoxy) is 1. The molecule has 1 atom stereocenters. The maximum atomic E-state index is 13.9. The molecule has 208 valence electrons. The lowest BCUT2D eigenvalue weighted by atomic mass is 10.1. The first-order valence-corrected chi connectivity index (χ1v) is 14.4. The van der Waals surface area contributed by atoms with E-state index in [0.29, 0.717) is 22.2 Å². The van der Waals surface area contributed by atoms with Crippen molar-refractivity contribution in [3.63, 3.8) is 0 Å². The molecule has 0 aliphatic heterocycles. The van der Waals surface area contributed by atoms with Crippen LogP contribution in [0.5, 0.6) is 5.75 Å². The second kappa shape index (κ2) is 13.2. The van der Waals surface area contributed by atoms with Crippen molar-refractivity contribution in [1.82, 2.24) is 10.2 Å². The first-order valence-electron chi connectivity index (χ1n) is 12.2. The Hall–Kier alpha value is -3.27. The predicted molar refractivity (Wildman–Crippen MR) is 154 cm³/mol. The minimum atomic E-state index is -4.21. The number of rotatable bonds is 11.